The molecule has 1 aromatic carbocycles. The van der Waals surface area contributed by atoms with Gasteiger partial charge in [-0.3, -0.25) is 4.79 Å². The second kappa shape index (κ2) is 18.2. The van der Waals surface area contributed by atoms with Crippen LogP contribution in [0.25, 0.3) is 0 Å². The molecule has 2 aliphatic carbocycles. The normalized spacial score (nSPS) is 25.5. The molecule has 52 heavy (non-hydrogen) atoms. The monoisotopic (exact) mass is 723 g/mol. The van der Waals surface area contributed by atoms with Crippen molar-refractivity contribution in [2.75, 3.05) is 13.6 Å². The number of aliphatic hydroxyl groups excluding tert-OH is 1. The van der Waals surface area contributed by atoms with E-state index in [-0.39, 0.29) is 31.2 Å². The molecule has 1 spiro atoms. The van der Waals surface area contributed by atoms with E-state index in [1.165, 1.54) is 58.8 Å². The Morgan fingerprint density at radius 1 is 0.942 bits per heavy atom. The van der Waals surface area contributed by atoms with Crippen LogP contribution in [0, 0.1) is 0 Å². The summed E-state index contributed by atoms with van der Waals surface area (Å²) in [4.78, 5) is 40.7. The van der Waals surface area contributed by atoms with Gasteiger partial charge in [0.15, 0.2) is 18.3 Å². The van der Waals surface area contributed by atoms with Gasteiger partial charge in [0, 0.05) is 30.0 Å². The molecule has 1 saturated heterocycles. The Morgan fingerprint density at radius 2 is 1.60 bits per heavy atom. The van der Waals surface area contributed by atoms with Crippen LogP contribution in [0.3, 0.4) is 0 Å². The van der Waals surface area contributed by atoms with Crippen molar-refractivity contribution in [3.8, 4) is 5.75 Å². The fourth-order valence-electron chi connectivity index (χ4n) is 8.79. The molecule has 4 aliphatic rings. The summed E-state index contributed by atoms with van der Waals surface area (Å²) in [6, 6.07) is 3.70. The van der Waals surface area contributed by atoms with Crippen LogP contribution in [0.15, 0.2) is 36.1 Å². The first-order valence-electron chi connectivity index (χ1n) is 19.9. The van der Waals surface area contributed by atoms with Crippen LogP contribution < -0.4 is 4.74 Å². The van der Waals surface area contributed by atoms with E-state index < -0.39 is 47.2 Å². The fourth-order valence-corrected chi connectivity index (χ4v) is 8.79. The highest BCUT2D eigenvalue weighted by Gasteiger charge is 2.72. The molecule has 0 saturated carbocycles. The van der Waals surface area contributed by atoms with Crippen LogP contribution in [0.5, 0.6) is 5.75 Å². The highest BCUT2D eigenvalue weighted by molar-refractivity contribution is 5.83. The maximum atomic E-state index is 13.3. The molecule has 1 fully saturated rings. The first-order chi connectivity index (χ1) is 25.1. The van der Waals surface area contributed by atoms with E-state index in [2.05, 4.69) is 24.0 Å². The van der Waals surface area contributed by atoms with Crippen LogP contribution in [-0.4, -0.2) is 76.6 Å². The second-order valence-corrected chi connectivity index (χ2v) is 15.4. The van der Waals surface area contributed by atoms with Gasteiger partial charge in [-0.05, 0) is 84.0 Å². The Bertz CT molecular complexity index is 1470. The number of carbonyl (C=O) groups excluding carboxylic acids is 3. The number of hydrogen-bond donors (Lipinski definition) is 2. The number of likely N-dealkylation sites (N-methyl/N-ethyl adjacent to an activating group) is 1. The topological polar surface area (TPSA) is 132 Å². The summed E-state index contributed by atoms with van der Waals surface area (Å²) in [5, 5.41) is 22.5. The number of nitrogens with zero attached hydrogens (tertiary/aromatic N) is 1. The first-order valence-corrected chi connectivity index (χ1v) is 19.9. The Kier molecular flexibility index (Phi) is 14.0. The molecule has 6 atom stereocenters. The van der Waals surface area contributed by atoms with Gasteiger partial charge < -0.3 is 34.1 Å². The minimum atomic E-state index is -1.28. The van der Waals surface area contributed by atoms with E-state index in [0.29, 0.717) is 30.6 Å². The van der Waals surface area contributed by atoms with E-state index >= 15 is 0 Å². The number of likely N-dealkylation sites (tertiary alicyclic amines) is 1. The molecule has 5 rings (SSSR count). The van der Waals surface area contributed by atoms with Gasteiger partial charge in [0.05, 0.1) is 17.6 Å². The Hall–Kier alpha value is -3.21. The van der Waals surface area contributed by atoms with Crippen LogP contribution in [0.1, 0.15) is 140 Å². The summed E-state index contributed by atoms with van der Waals surface area (Å²) in [6.45, 7) is 5.59. The summed E-state index contributed by atoms with van der Waals surface area (Å²) >= 11 is 0. The summed E-state index contributed by atoms with van der Waals surface area (Å²) in [5.41, 5.74) is 0.570. The van der Waals surface area contributed by atoms with Crippen molar-refractivity contribution in [2.45, 2.75) is 172 Å². The summed E-state index contributed by atoms with van der Waals surface area (Å²) < 4.78 is 23.0. The van der Waals surface area contributed by atoms with Crippen LogP contribution in [0.4, 0.5) is 0 Å². The number of aliphatic hydroxyl groups is 2. The predicted octanol–water partition coefficient (Wildman–Crippen LogP) is 6.90. The number of ether oxygens (including phenoxy) is 4. The maximum absolute atomic E-state index is 13.3. The second-order valence-electron chi connectivity index (χ2n) is 15.4. The minimum Gasteiger partial charge on any atom is -0.481 e. The minimum absolute atomic E-state index is 0.153. The highest BCUT2D eigenvalue weighted by atomic mass is 16.6. The van der Waals surface area contributed by atoms with E-state index in [1.807, 2.05) is 19.2 Å². The highest BCUT2D eigenvalue weighted by Crippen LogP contribution is 2.64. The van der Waals surface area contributed by atoms with Gasteiger partial charge in [-0.2, -0.15) is 0 Å². The zero-order valence-corrected chi connectivity index (χ0v) is 31.8. The number of esters is 3. The molecule has 1 aromatic rings. The first kappa shape index (κ1) is 40.0. The van der Waals surface area contributed by atoms with Gasteiger partial charge in [0.25, 0.3) is 0 Å². The molecule has 2 N–H and O–H groups in total. The third kappa shape index (κ3) is 8.44. The number of unbranched alkanes of at least 4 members (excludes halogenated alkanes) is 11. The van der Waals surface area contributed by atoms with E-state index in [0.717, 1.165) is 49.8 Å². The fraction of sp³-hybridized carbons (Fsp3) is 0.690. The largest absolute Gasteiger partial charge is 0.481 e. The quantitative estimate of drug-likeness (QED) is 0.0598. The molecule has 0 amide bonds. The summed E-state index contributed by atoms with van der Waals surface area (Å²) in [5.74, 6) is -1.30. The number of piperidine rings is 1. The molecule has 2 bridgehead atoms. The average molecular weight is 724 g/mol. The predicted molar refractivity (Wildman–Crippen MR) is 197 cm³/mol. The Morgan fingerprint density at radius 3 is 2.29 bits per heavy atom. The SMILES string of the molecule is CCCCCCCC/C=C/CCCCCCCC(=O)O[C@H](C)C(=O)O[C@@H](C)C(=O)OC1=CC[C@@]2(O)[C@H]3Cc4ccc(CO)c5c4C2(CCN3C)C1O5. The van der Waals surface area contributed by atoms with Gasteiger partial charge in [-0.25, -0.2) is 9.59 Å². The number of benzene rings is 1. The number of hydrogen-bond acceptors (Lipinski definition) is 10. The van der Waals surface area contributed by atoms with Gasteiger partial charge in [-0.1, -0.05) is 82.6 Å². The summed E-state index contributed by atoms with van der Waals surface area (Å²) in [6.07, 6.45) is 19.9. The van der Waals surface area contributed by atoms with Gasteiger partial charge in [-0.15, -0.1) is 0 Å². The number of rotatable bonds is 21. The molecule has 0 aromatic heterocycles. The lowest BCUT2D eigenvalue weighted by molar-refractivity contribution is -0.180. The van der Waals surface area contributed by atoms with Crippen molar-refractivity contribution < 1.29 is 43.5 Å². The van der Waals surface area contributed by atoms with Gasteiger partial charge in [0.2, 0.25) is 0 Å². The van der Waals surface area contributed by atoms with Crippen LogP contribution in [-0.2, 0) is 47.0 Å². The Labute approximate surface area is 309 Å². The molecule has 288 valence electrons. The third-order valence-corrected chi connectivity index (χ3v) is 11.8. The lowest BCUT2D eigenvalue weighted by atomic mass is 9.50. The van der Waals surface area contributed by atoms with E-state index in [9.17, 15) is 24.6 Å². The Balaban J connectivity index is 1.03. The smallest absolute Gasteiger partial charge is 0.352 e. The maximum Gasteiger partial charge on any atom is 0.352 e. The van der Waals surface area contributed by atoms with E-state index in [1.54, 1.807) is 6.08 Å². The third-order valence-electron chi connectivity index (χ3n) is 11.8. The number of allylic oxidation sites excluding steroid dienone is 2. The van der Waals surface area contributed by atoms with Crippen LogP contribution in [0.2, 0.25) is 0 Å². The van der Waals surface area contributed by atoms with Crippen molar-refractivity contribution in [1.82, 2.24) is 4.90 Å². The van der Waals surface area contributed by atoms with Crippen LogP contribution >= 0.6 is 0 Å². The molecule has 2 aliphatic heterocycles. The standard InChI is InChI=1S/C42H61NO9/c1-5-6-7-8-9-10-11-12-13-14-15-16-17-18-19-20-35(45)49-29(2)39(46)50-30(3)40(47)51-33-23-24-42(48)34-27-31-21-22-32(28-44)37-36(31)41(42,38(33)52-37)25-26-43(34)4/h12-13,21-23,29-30,34,38,44,48H,5-11,14-20,24-28H2,1-4H3/b13-12+/t29-,30+,34-,38?,41?,42-/m1/s1. The van der Waals surface area contributed by atoms with Crippen molar-refractivity contribution >= 4 is 17.9 Å². The number of carbonyl (C=O) groups is 3. The van der Waals surface area contributed by atoms with Gasteiger partial charge in [0.1, 0.15) is 11.5 Å². The zero-order chi connectivity index (χ0) is 37.3. The molecule has 10 heteroatoms. The van der Waals surface area contributed by atoms with Gasteiger partial charge >= 0.3 is 17.9 Å². The molecule has 10 nitrogen and oxygen atoms in total. The zero-order valence-electron chi connectivity index (χ0n) is 31.8. The lowest BCUT2D eigenvalue weighted by Gasteiger charge is -2.61. The van der Waals surface area contributed by atoms with Crippen molar-refractivity contribution in [3.05, 3.63) is 52.8 Å². The molecular formula is C42H61NO9. The molecule has 2 unspecified atom stereocenters. The lowest BCUT2D eigenvalue weighted by Crippen LogP contribution is -2.74. The van der Waals surface area contributed by atoms with Crippen molar-refractivity contribution in [3.63, 3.8) is 0 Å². The van der Waals surface area contributed by atoms with Crippen molar-refractivity contribution in [2.24, 2.45) is 0 Å². The van der Waals surface area contributed by atoms with E-state index in [4.69, 9.17) is 18.9 Å². The molecule has 0 radical (unpaired) electrons. The van der Waals surface area contributed by atoms with Crippen molar-refractivity contribution in [1.29, 1.82) is 0 Å². The molecule has 2 heterocycles. The summed E-state index contributed by atoms with van der Waals surface area (Å²) in [7, 11) is 2.01. The average Bonchev–Trinajstić information content (AvgIpc) is 3.48. The molecular weight excluding hydrogens is 662 g/mol.